The fraction of sp³-hybridized carbons (Fsp3) is 0.320. The molecule has 0 aliphatic rings. The molecule has 0 fully saturated rings. The Balaban J connectivity index is 1.68. The summed E-state index contributed by atoms with van der Waals surface area (Å²) in [6, 6.07) is 15.7. The Morgan fingerprint density at radius 2 is 1.88 bits per heavy atom. The zero-order valence-corrected chi connectivity index (χ0v) is 20.3. The van der Waals surface area contributed by atoms with Crippen LogP contribution in [0.25, 0.3) is 11.2 Å². The van der Waals surface area contributed by atoms with Gasteiger partial charge in [0.25, 0.3) is 0 Å². The van der Waals surface area contributed by atoms with Gasteiger partial charge < -0.3 is 26.0 Å². The van der Waals surface area contributed by atoms with Crippen LogP contribution in [-0.2, 0) is 13.1 Å². The van der Waals surface area contributed by atoms with Crippen LogP contribution in [0, 0.1) is 0 Å². The quantitative estimate of drug-likeness (QED) is 0.257. The number of aromatic nitrogens is 4. The Labute approximate surface area is 204 Å². The zero-order chi connectivity index (χ0) is 24.3. The fourth-order valence-electron chi connectivity index (χ4n) is 3.96. The first-order valence-electron chi connectivity index (χ1n) is 11.2. The summed E-state index contributed by atoms with van der Waals surface area (Å²) in [4.78, 5) is 14.1. The van der Waals surface area contributed by atoms with Crippen LogP contribution < -0.4 is 16.4 Å². The van der Waals surface area contributed by atoms with Crippen molar-refractivity contribution in [3.05, 3.63) is 71.0 Å². The summed E-state index contributed by atoms with van der Waals surface area (Å²) in [5.41, 5.74) is 9.25. The molecule has 0 amide bonds. The van der Waals surface area contributed by atoms with Gasteiger partial charge in [-0.2, -0.15) is 9.97 Å². The standard InChI is InChI=1S/C25H30ClN7O/c1-16(12-25(2,3)34)30-24-31-22(28-13-18-10-7-11-19(26)20(18)27)21-23(32-24)33(15-29-21)14-17-8-5-4-6-9-17/h4-11,15-16,34H,12-14,27H2,1-3H3,(H2,28,30,31,32). The molecule has 0 spiro atoms. The van der Waals surface area contributed by atoms with Crippen LogP contribution in [0.1, 0.15) is 38.3 Å². The number of nitrogens with zero attached hydrogens (tertiary/aromatic N) is 4. The molecule has 9 heteroatoms. The minimum atomic E-state index is -0.809. The number of hydrogen-bond acceptors (Lipinski definition) is 7. The minimum absolute atomic E-state index is 0.0423. The Hall–Kier alpha value is -3.36. The van der Waals surface area contributed by atoms with E-state index in [4.69, 9.17) is 27.3 Å². The number of hydrogen-bond donors (Lipinski definition) is 4. The highest BCUT2D eigenvalue weighted by Gasteiger charge is 2.20. The molecule has 178 valence electrons. The van der Waals surface area contributed by atoms with Crippen LogP contribution in [0.4, 0.5) is 17.5 Å². The average Bonchev–Trinajstić information content (AvgIpc) is 3.16. The van der Waals surface area contributed by atoms with Gasteiger partial charge in [-0.3, -0.25) is 0 Å². The van der Waals surface area contributed by atoms with Crippen LogP contribution in [-0.4, -0.2) is 36.3 Å². The molecule has 2 aromatic heterocycles. The second kappa shape index (κ2) is 9.87. The number of nitrogen functional groups attached to an aromatic ring is 1. The van der Waals surface area contributed by atoms with E-state index in [0.717, 1.165) is 11.1 Å². The number of para-hydroxylation sites is 1. The second-order valence-corrected chi connectivity index (χ2v) is 9.56. The van der Waals surface area contributed by atoms with E-state index in [2.05, 4.69) is 27.8 Å². The Morgan fingerprint density at radius 1 is 1.12 bits per heavy atom. The van der Waals surface area contributed by atoms with Crippen LogP contribution in [0.15, 0.2) is 54.9 Å². The molecule has 0 saturated carbocycles. The van der Waals surface area contributed by atoms with Crippen molar-refractivity contribution in [3.63, 3.8) is 0 Å². The van der Waals surface area contributed by atoms with Crippen LogP contribution in [0.3, 0.4) is 0 Å². The van der Waals surface area contributed by atoms with Crippen LogP contribution in [0.2, 0.25) is 5.02 Å². The summed E-state index contributed by atoms with van der Waals surface area (Å²) >= 11 is 6.18. The molecule has 0 aliphatic heterocycles. The molecule has 0 aliphatic carbocycles. The monoisotopic (exact) mass is 479 g/mol. The normalized spacial score (nSPS) is 12.6. The molecule has 0 bridgehead atoms. The maximum Gasteiger partial charge on any atom is 0.226 e. The van der Waals surface area contributed by atoms with Gasteiger partial charge >= 0.3 is 0 Å². The summed E-state index contributed by atoms with van der Waals surface area (Å²) in [6.07, 6.45) is 2.31. The number of nitrogens with one attached hydrogen (secondary N) is 2. The molecule has 1 unspecified atom stereocenters. The van der Waals surface area contributed by atoms with E-state index in [0.29, 0.717) is 53.2 Å². The molecule has 5 N–H and O–H groups in total. The first kappa shape index (κ1) is 23.8. The third-order valence-electron chi connectivity index (χ3n) is 5.43. The van der Waals surface area contributed by atoms with Gasteiger partial charge in [0.1, 0.15) is 0 Å². The number of halogens is 1. The Bertz CT molecular complexity index is 1270. The summed E-state index contributed by atoms with van der Waals surface area (Å²) in [6.45, 7) is 6.63. The van der Waals surface area contributed by atoms with Gasteiger partial charge in [-0.05, 0) is 44.4 Å². The van der Waals surface area contributed by atoms with Crippen LogP contribution in [0.5, 0.6) is 0 Å². The van der Waals surface area contributed by atoms with Crippen LogP contribution >= 0.6 is 11.6 Å². The van der Waals surface area contributed by atoms with Crippen molar-refractivity contribution in [1.29, 1.82) is 0 Å². The fourth-order valence-corrected chi connectivity index (χ4v) is 4.16. The molecule has 2 aromatic carbocycles. The lowest BCUT2D eigenvalue weighted by molar-refractivity contribution is 0.0672. The number of anilines is 3. The number of fused-ring (bicyclic) bond motifs is 1. The van der Waals surface area contributed by atoms with Crippen molar-refractivity contribution in [2.24, 2.45) is 0 Å². The van der Waals surface area contributed by atoms with Gasteiger partial charge in [0, 0.05) is 12.6 Å². The first-order chi connectivity index (χ1) is 16.2. The van der Waals surface area contributed by atoms with E-state index in [1.54, 1.807) is 26.2 Å². The summed E-state index contributed by atoms with van der Waals surface area (Å²) in [5.74, 6) is 1.05. The van der Waals surface area contributed by atoms with Crippen molar-refractivity contribution in [2.75, 3.05) is 16.4 Å². The highest BCUT2D eigenvalue weighted by Crippen LogP contribution is 2.26. The third kappa shape index (κ3) is 5.76. The van der Waals surface area contributed by atoms with E-state index in [-0.39, 0.29) is 6.04 Å². The van der Waals surface area contributed by atoms with E-state index in [1.807, 2.05) is 41.8 Å². The van der Waals surface area contributed by atoms with E-state index < -0.39 is 5.60 Å². The van der Waals surface area contributed by atoms with Gasteiger partial charge in [0.2, 0.25) is 5.95 Å². The second-order valence-electron chi connectivity index (χ2n) is 9.15. The van der Waals surface area contributed by atoms with Crippen molar-refractivity contribution in [1.82, 2.24) is 19.5 Å². The molecule has 4 rings (SSSR count). The lowest BCUT2D eigenvalue weighted by Crippen LogP contribution is -2.29. The number of nitrogens with two attached hydrogens (primary N) is 1. The largest absolute Gasteiger partial charge is 0.397 e. The lowest BCUT2D eigenvalue weighted by Gasteiger charge is -2.23. The number of benzene rings is 2. The highest BCUT2D eigenvalue weighted by atomic mass is 35.5. The number of rotatable bonds is 9. The van der Waals surface area contributed by atoms with Crippen molar-refractivity contribution < 1.29 is 5.11 Å². The molecular formula is C25H30ClN7O. The summed E-state index contributed by atoms with van der Waals surface area (Å²) in [5, 5.41) is 17.4. The van der Waals surface area contributed by atoms with Gasteiger partial charge in [0.15, 0.2) is 17.0 Å². The zero-order valence-electron chi connectivity index (χ0n) is 19.6. The van der Waals surface area contributed by atoms with Gasteiger partial charge in [0.05, 0.1) is 29.2 Å². The highest BCUT2D eigenvalue weighted by molar-refractivity contribution is 6.33. The SMILES string of the molecule is CC(CC(C)(C)O)Nc1nc(NCc2cccc(Cl)c2N)c2ncn(Cc3ccccc3)c2n1. The number of aliphatic hydroxyl groups is 1. The summed E-state index contributed by atoms with van der Waals surface area (Å²) < 4.78 is 2.00. The van der Waals surface area contributed by atoms with Crippen molar-refractivity contribution in [3.8, 4) is 0 Å². The molecule has 2 heterocycles. The predicted octanol–water partition coefficient (Wildman–Crippen LogP) is 4.68. The van der Waals surface area contributed by atoms with E-state index in [9.17, 15) is 5.11 Å². The van der Waals surface area contributed by atoms with Gasteiger partial charge in [-0.25, -0.2) is 4.98 Å². The van der Waals surface area contributed by atoms with Crippen molar-refractivity contribution in [2.45, 2.75) is 51.9 Å². The van der Waals surface area contributed by atoms with E-state index >= 15 is 0 Å². The molecular weight excluding hydrogens is 450 g/mol. The van der Waals surface area contributed by atoms with Gasteiger partial charge in [-0.1, -0.05) is 54.1 Å². The molecule has 4 aromatic rings. The molecule has 0 radical (unpaired) electrons. The smallest absolute Gasteiger partial charge is 0.226 e. The Kier molecular flexibility index (Phi) is 6.90. The minimum Gasteiger partial charge on any atom is -0.397 e. The topological polar surface area (TPSA) is 114 Å². The van der Waals surface area contributed by atoms with Gasteiger partial charge in [-0.15, -0.1) is 0 Å². The molecule has 34 heavy (non-hydrogen) atoms. The maximum atomic E-state index is 10.2. The first-order valence-corrected chi connectivity index (χ1v) is 11.6. The molecule has 0 saturated heterocycles. The molecule has 8 nitrogen and oxygen atoms in total. The average molecular weight is 480 g/mol. The maximum absolute atomic E-state index is 10.2. The third-order valence-corrected chi connectivity index (χ3v) is 5.76. The molecule has 1 atom stereocenters. The predicted molar refractivity (Wildman–Crippen MR) is 138 cm³/mol. The van der Waals surface area contributed by atoms with Crippen molar-refractivity contribution >= 4 is 40.2 Å². The van der Waals surface area contributed by atoms with E-state index in [1.165, 1.54) is 0 Å². The lowest BCUT2D eigenvalue weighted by atomic mass is 10.0. The number of imidazole rings is 1. The summed E-state index contributed by atoms with van der Waals surface area (Å²) in [7, 11) is 0. The Morgan fingerprint density at radius 3 is 2.62 bits per heavy atom.